The van der Waals surface area contributed by atoms with Crippen LogP contribution in [0.15, 0.2) is 36.7 Å². The number of aromatic nitrogens is 4. The SMILES string of the molecule is CC(C)OC(=O)[C@H](C)N[P@](=O)(OC[C@H]1C[C@@H](n2cnc3c(N)nc(N)nc32)[C@](C)(F)[C@@H]1O)Oc1ccccc1. The van der Waals surface area contributed by atoms with Gasteiger partial charge in [0.1, 0.15) is 17.3 Å². The van der Waals surface area contributed by atoms with Crippen LogP contribution in [0.1, 0.15) is 40.2 Å². The summed E-state index contributed by atoms with van der Waals surface area (Å²) in [5, 5.41) is 13.5. The number of aliphatic hydroxyl groups is 1. The zero-order valence-electron chi connectivity index (χ0n) is 22.0. The average molecular weight is 566 g/mol. The van der Waals surface area contributed by atoms with E-state index in [9.17, 15) is 14.5 Å². The fraction of sp³-hybridized carbons (Fsp3) is 0.500. The van der Waals surface area contributed by atoms with Crippen LogP contribution in [0.5, 0.6) is 5.75 Å². The van der Waals surface area contributed by atoms with Crippen LogP contribution in [0.2, 0.25) is 0 Å². The Bertz CT molecular complexity index is 1370. The molecule has 0 radical (unpaired) electrons. The molecule has 3 aromatic rings. The number of halogens is 1. The van der Waals surface area contributed by atoms with Crippen LogP contribution in [0.4, 0.5) is 16.2 Å². The number of para-hydroxylation sites is 1. The minimum atomic E-state index is -4.20. The highest BCUT2D eigenvalue weighted by atomic mass is 31.2. The minimum Gasteiger partial charge on any atom is -0.462 e. The molecular weight excluding hydrogens is 532 g/mol. The number of aliphatic hydroxyl groups excluding tert-OH is 1. The number of nitrogens with zero attached hydrogens (tertiary/aromatic N) is 4. The second-order valence-corrected chi connectivity index (χ2v) is 11.6. The molecule has 39 heavy (non-hydrogen) atoms. The largest absolute Gasteiger partial charge is 0.462 e. The molecule has 0 amide bonds. The third kappa shape index (κ3) is 6.14. The van der Waals surface area contributed by atoms with Gasteiger partial charge in [-0.3, -0.25) is 9.32 Å². The van der Waals surface area contributed by atoms with Crippen molar-refractivity contribution in [3.05, 3.63) is 36.7 Å². The summed E-state index contributed by atoms with van der Waals surface area (Å²) < 4.78 is 47.7. The van der Waals surface area contributed by atoms with Gasteiger partial charge in [-0.05, 0) is 46.2 Å². The van der Waals surface area contributed by atoms with Crippen molar-refractivity contribution >= 4 is 36.6 Å². The van der Waals surface area contributed by atoms with Crippen LogP contribution in [0, 0.1) is 5.92 Å². The first-order chi connectivity index (χ1) is 18.3. The molecule has 1 saturated carbocycles. The zero-order chi connectivity index (χ0) is 28.5. The Balaban J connectivity index is 1.55. The second kappa shape index (κ2) is 11.0. The van der Waals surface area contributed by atoms with Gasteiger partial charge in [0.15, 0.2) is 17.1 Å². The third-order valence-corrected chi connectivity index (χ3v) is 8.13. The maximum absolute atomic E-state index is 16.0. The smallest absolute Gasteiger partial charge is 0.459 e. The fourth-order valence-corrected chi connectivity index (χ4v) is 6.11. The highest BCUT2D eigenvalue weighted by Gasteiger charge is 2.54. The van der Waals surface area contributed by atoms with Crippen molar-refractivity contribution in [3.63, 3.8) is 0 Å². The van der Waals surface area contributed by atoms with E-state index in [2.05, 4.69) is 20.0 Å². The topological polar surface area (TPSA) is 190 Å². The van der Waals surface area contributed by atoms with Gasteiger partial charge in [0.05, 0.1) is 31.2 Å². The summed E-state index contributed by atoms with van der Waals surface area (Å²) in [6.07, 6.45) is -0.467. The first-order valence-electron chi connectivity index (χ1n) is 12.4. The summed E-state index contributed by atoms with van der Waals surface area (Å²) in [6.45, 7) is 5.73. The van der Waals surface area contributed by atoms with E-state index in [1.54, 1.807) is 44.2 Å². The van der Waals surface area contributed by atoms with E-state index in [4.69, 9.17) is 25.3 Å². The molecule has 1 aliphatic rings. The van der Waals surface area contributed by atoms with E-state index < -0.39 is 43.5 Å². The molecule has 1 fully saturated rings. The van der Waals surface area contributed by atoms with Gasteiger partial charge in [0.2, 0.25) is 5.95 Å². The monoisotopic (exact) mass is 565 g/mol. The number of rotatable bonds is 10. The van der Waals surface area contributed by atoms with Crippen molar-refractivity contribution < 1.29 is 32.6 Å². The first kappa shape index (κ1) is 28.7. The molecule has 4 rings (SSSR count). The Kier molecular flexibility index (Phi) is 8.12. The van der Waals surface area contributed by atoms with Crippen molar-refractivity contribution in [1.29, 1.82) is 0 Å². The van der Waals surface area contributed by atoms with Gasteiger partial charge in [-0.1, -0.05) is 18.2 Å². The number of nitrogens with one attached hydrogen (secondary N) is 1. The number of nitrogens with two attached hydrogens (primary N) is 2. The summed E-state index contributed by atoms with van der Waals surface area (Å²) in [6, 6.07) is 6.25. The van der Waals surface area contributed by atoms with E-state index in [-0.39, 0.29) is 47.8 Å². The number of carbonyl (C=O) groups excluding carboxylic acids is 1. The lowest BCUT2D eigenvalue weighted by atomic mass is 9.98. The van der Waals surface area contributed by atoms with Gasteiger partial charge in [-0.15, -0.1) is 0 Å². The predicted octanol–water partition coefficient (Wildman–Crippen LogP) is 2.77. The van der Waals surface area contributed by atoms with Crippen LogP contribution in [-0.2, 0) is 18.6 Å². The normalized spacial score (nSPS) is 25.5. The Morgan fingerprint density at radius 1 is 1.28 bits per heavy atom. The molecule has 13 nitrogen and oxygen atoms in total. The Labute approximate surface area is 224 Å². The van der Waals surface area contributed by atoms with E-state index in [1.165, 1.54) is 24.7 Å². The summed E-state index contributed by atoms with van der Waals surface area (Å²) in [4.78, 5) is 24.6. The maximum Gasteiger partial charge on any atom is 0.459 e. The molecule has 0 aliphatic heterocycles. The first-order valence-corrected chi connectivity index (χ1v) is 13.9. The number of carbonyl (C=O) groups is 1. The second-order valence-electron chi connectivity index (χ2n) is 9.93. The Hall–Kier alpha value is -3.32. The van der Waals surface area contributed by atoms with Crippen molar-refractivity contribution in [3.8, 4) is 5.75 Å². The van der Waals surface area contributed by atoms with Crippen molar-refractivity contribution in [2.45, 2.75) is 64.1 Å². The molecule has 1 aliphatic carbocycles. The molecule has 6 atom stereocenters. The van der Waals surface area contributed by atoms with Crippen LogP contribution in [0.25, 0.3) is 11.2 Å². The Morgan fingerprint density at radius 2 is 1.97 bits per heavy atom. The number of esters is 1. The van der Waals surface area contributed by atoms with Crippen LogP contribution in [0.3, 0.4) is 0 Å². The predicted molar refractivity (Wildman–Crippen MR) is 141 cm³/mol. The Morgan fingerprint density at radius 3 is 2.64 bits per heavy atom. The number of alkyl halides is 1. The quantitative estimate of drug-likeness (QED) is 0.208. The van der Waals surface area contributed by atoms with E-state index in [0.29, 0.717) is 0 Å². The molecule has 2 heterocycles. The van der Waals surface area contributed by atoms with E-state index in [0.717, 1.165) is 0 Å². The standard InChI is InChI=1S/C24H33FN7O6P/c1-13(2)37-22(34)14(3)31-39(35,38-16-8-6-5-7-9-16)36-11-15-10-17(24(4,25)19(15)33)32-12-28-18-20(26)29-23(27)30-21(18)32/h5-9,12-15,17,19,33H,10-11H2,1-4H3,(H,31,35)(H4,26,27,29,30)/t14-,15+,17+,19+,24-,39-/m0/s1. The van der Waals surface area contributed by atoms with Crippen molar-refractivity contribution in [1.82, 2.24) is 24.6 Å². The molecule has 212 valence electrons. The molecule has 0 saturated heterocycles. The molecule has 0 unspecified atom stereocenters. The average Bonchev–Trinajstić information content (AvgIpc) is 3.36. The minimum absolute atomic E-state index is 0.0467. The fourth-order valence-electron chi connectivity index (χ4n) is 4.56. The number of hydrogen-bond acceptors (Lipinski definition) is 11. The van der Waals surface area contributed by atoms with Crippen LogP contribution in [-0.4, -0.2) is 61.1 Å². The van der Waals surface area contributed by atoms with Gasteiger partial charge < -0.3 is 30.4 Å². The molecular formula is C24H33FN7O6P. The summed E-state index contributed by atoms with van der Waals surface area (Å²) in [7, 11) is -4.20. The number of ether oxygens (including phenoxy) is 1. The van der Waals surface area contributed by atoms with Gasteiger partial charge >= 0.3 is 13.7 Å². The molecule has 6 N–H and O–H groups in total. The van der Waals surface area contributed by atoms with Crippen LogP contribution >= 0.6 is 7.75 Å². The van der Waals surface area contributed by atoms with Gasteiger partial charge in [-0.2, -0.15) is 15.1 Å². The number of hydrogen-bond donors (Lipinski definition) is 4. The number of imidazole rings is 1. The van der Waals surface area contributed by atoms with Crippen LogP contribution < -0.4 is 21.1 Å². The van der Waals surface area contributed by atoms with E-state index >= 15 is 4.39 Å². The highest BCUT2D eigenvalue weighted by Crippen LogP contribution is 2.50. The summed E-state index contributed by atoms with van der Waals surface area (Å²) in [5.74, 6) is -1.30. The van der Waals surface area contributed by atoms with Gasteiger partial charge in [0, 0.05) is 5.92 Å². The summed E-state index contributed by atoms with van der Waals surface area (Å²) >= 11 is 0. The van der Waals surface area contributed by atoms with Gasteiger partial charge in [0.25, 0.3) is 0 Å². The molecule has 1 aromatic carbocycles. The molecule has 15 heteroatoms. The zero-order valence-corrected chi connectivity index (χ0v) is 22.9. The number of anilines is 2. The molecule has 0 spiro atoms. The molecule has 2 aromatic heterocycles. The highest BCUT2D eigenvalue weighted by molar-refractivity contribution is 7.52. The van der Waals surface area contributed by atoms with Crippen molar-refractivity contribution in [2.24, 2.45) is 5.92 Å². The number of nitrogen functional groups attached to an aromatic ring is 2. The lowest BCUT2D eigenvalue weighted by Crippen LogP contribution is -2.39. The van der Waals surface area contributed by atoms with Crippen molar-refractivity contribution in [2.75, 3.05) is 18.1 Å². The third-order valence-electron chi connectivity index (χ3n) is 6.49. The van der Waals surface area contributed by atoms with E-state index in [1.807, 2.05) is 0 Å². The lowest BCUT2D eigenvalue weighted by molar-refractivity contribution is -0.149. The number of fused-ring (bicyclic) bond motifs is 1. The molecule has 0 bridgehead atoms. The number of benzene rings is 1. The lowest BCUT2D eigenvalue weighted by Gasteiger charge is -2.28. The summed E-state index contributed by atoms with van der Waals surface area (Å²) in [5.41, 5.74) is 9.93. The van der Waals surface area contributed by atoms with Gasteiger partial charge in [-0.25, -0.2) is 13.9 Å². The maximum atomic E-state index is 16.0.